The van der Waals surface area contributed by atoms with Crippen LogP contribution in [0.15, 0.2) is 76.9 Å². The smallest absolute Gasteiger partial charge is 0.335 e. The van der Waals surface area contributed by atoms with Crippen molar-refractivity contribution in [3.05, 3.63) is 103 Å². The number of aromatic carboxylic acids is 1. The van der Waals surface area contributed by atoms with Crippen molar-refractivity contribution in [3.63, 3.8) is 0 Å². The van der Waals surface area contributed by atoms with E-state index in [2.05, 4.69) is 48.8 Å². The van der Waals surface area contributed by atoms with Gasteiger partial charge in [-0.1, -0.05) is 30.3 Å². The molecule has 7 nitrogen and oxygen atoms in total. The molecule has 0 radical (unpaired) electrons. The average Bonchev–Trinajstić information content (AvgIpc) is 3.30. The van der Waals surface area contributed by atoms with Gasteiger partial charge in [-0.15, -0.1) is 0 Å². The molecule has 3 N–H and O–H groups in total. The molecule has 1 aromatic heterocycles. The van der Waals surface area contributed by atoms with E-state index in [9.17, 15) is 14.9 Å². The monoisotopic (exact) mass is 669 g/mol. The molecule has 0 atom stereocenters. The molecule has 0 aliphatic heterocycles. The summed E-state index contributed by atoms with van der Waals surface area (Å²) in [6.45, 7) is 0.660. The van der Waals surface area contributed by atoms with Gasteiger partial charge in [0.1, 0.15) is 24.0 Å². The van der Waals surface area contributed by atoms with Gasteiger partial charge in [0.05, 0.1) is 13.6 Å². The number of amides is 1. The molecule has 4 rings (SSSR count). The van der Waals surface area contributed by atoms with Crippen LogP contribution in [-0.2, 0) is 17.8 Å². The van der Waals surface area contributed by atoms with Crippen LogP contribution in [0.2, 0.25) is 0 Å². The summed E-state index contributed by atoms with van der Waals surface area (Å²) in [5.41, 5.74) is 3.88. The van der Waals surface area contributed by atoms with Gasteiger partial charge in [-0.2, -0.15) is 5.26 Å². The zero-order valence-electron chi connectivity index (χ0n) is 19.4. The Labute approximate surface area is 235 Å². The van der Waals surface area contributed by atoms with Crippen LogP contribution in [0, 0.1) is 14.9 Å². The lowest BCUT2D eigenvalue weighted by Gasteiger charge is -2.12. The number of rotatable bonds is 9. The number of nitrogens with one attached hydrogen (secondary N) is 2. The first-order chi connectivity index (χ1) is 17.9. The maximum atomic E-state index is 12.6. The van der Waals surface area contributed by atoms with Gasteiger partial charge in [-0.3, -0.25) is 4.79 Å². The van der Waals surface area contributed by atoms with E-state index in [1.165, 1.54) is 12.1 Å². The summed E-state index contributed by atoms with van der Waals surface area (Å²) in [5.74, 6) is -0.798. The first-order valence-electron chi connectivity index (χ1n) is 11.2. The number of H-pyrrole nitrogens is 1. The lowest BCUT2D eigenvalue weighted by molar-refractivity contribution is -0.117. The van der Waals surface area contributed by atoms with Crippen LogP contribution in [0.4, 0.5) is 0 Å². The predicted octanol–water partition coefficient (Wildman–Crippen LogP) is 6.08. The molecule has 4 aromatic rings. The van der Waals surface area contributed by atoms with Crippen LogP contribution in [0.1, 0.15) is 27.0 Å². The molecular formula is C28H21BrIN3O4. The number of para-hydroxylation sites is 1. The van der Waals surface area contributed by atoms with Crippen molar-refractivity contribution >= 4 is 67.4 Å². The number of hydrogen-bond acceptors (Lipinski definition) is 4. The van der Waals surface area contributed by atoms with E-state index in [0.29, 0.717) is 28.8 Å². The molecule has 0 spiro atoms. The Morgan fingerprint density at radius 3 is 2.62 bits per heavy atom. The molecule has 0 aliphatic rings. The number of nitriles is 1. The highest BCUT2D eigenvalue weighted by Crippen LogP contribution is 2.33. The first kappa shape index (κ1) is 26.4. The van der Waals surface area contributed by atoms with E-state index in [1.807, 2.05) is 42.6 Å². The van der Waals surface area contributed by atoms with Crippen molar-refractivity contribution in [2.24, 2.45) is 0 Å². The maximum Gasteiger partial charge on any atom is 0.335 e. The first-order valence-corrected chi connectivity index (χ1v) is 13.1. The standard InChI is InChI=1S/C28H21BrIN3O4/c29-23-12-18(13-24(30)26(23)37-16-17-5-7-19(8-6-17)28(35)36)11-21(14-31)27(34)32-10-9-20-15-33-25-4-2-1-3-22(20)25/h1-8,11-13,15,33H,9-10,16H2,(H,32,34)(H,35,36)/b21-11-. The number of halogens is 2. The molecule has 0 saturated carbocycles. The van der Waals surface area contributed by atoms with Gasteiger partial charge in [0.25, 0.3) is 5.91 Å². The topological polar surface area (TPSA) is 115 Å². The van der Waals surface area contributed by atoms with Crippen molar-refractivity contribution in [1.82, 2.24) is 10.3 Å². The number of fused-ring (bicyclic) bond motifs is 1. The van der Waals surface area contributed by atoms with Crippen LogP contribution in [0.3, 0.4) is 0 Å². The molecule has 0 bridgehead atoms. The minimum atomic E-state index is -0.979. The minimum absolute atomic E-state index is 0.00816. The molecule has 0 unspecified atom stereocenters. The molecule has 37 heavy (non-hydrogen) atoms. The van der Waals surface area contributed by atoms with Crippen LogP contribution in [0.5, 0.6) is 5.75 Å². The van der Waals surface area contributed by atoms with Crippen LogP contribution in [0.25, 0.3) is 17.0 Å². The van der Waals surface area contributed by atoms with E-state index in [1.54, 1.807) is 24.3 Å². The van der Waals surface area contributed by atoms with Gasteiger partial charge in [-0.05, 0) is 98.0 Å². The normalized spacial score (nSPS) is 11.2. The molecule has 186 valence electrons. The highest BCUT2D eigenvalue weighted by molar-refractivity contribution is 14.1. The molecule has 1 heterocycles. The third-order valence-electron chi connectivity index (χ3n) is 5.64. The van der Waals surface area contributed by atoms with Crippen LogP contribution in [-0.4, -0.2) is 28.5 Å². The number of nitrogens with zero attached hydrogens (tertiary/aromatic N) is 1. The number of ether oxygens (including phenoxy) is 1. The van der Waals surface area contributed by atoms with E-state index in [0.717, 1.165) is 25.6 Å². The van der Waals surface area contributed by atoms with Crippen molar-refractivity contribution in [2.45, 2.75) is 13.0 Å². The number of hydrogen-bond donors (Lipinski definition) is 3. The van der Waals surface area contributed by atoms with Crippen molar-refractivity contribution < 1.29 is 19.4 Å². The van der Waals surface area contributed by atoms with E-state index in [4.69, 9.17) is 9.84 Å². The molecule has 3 aromatic carbocycles. The van der Waals surface area contributed by atoms with Gasteiger partial charge < -0.3 is 20.1 Å². The Morgan fingerprint density at radius 2 is 1.92 bits per heavy atom. The fourth-order valence-corrected chi connectivity index (χ4v) is 5.53. The van der Waals surface area contributed by atoms with Crippen LogP contribution >= 0.6 is 38.5 Å². The fraction of sp³-hybridized carbons (Fsp3) is 0.107. The minimum Gasteiger partial charge on any atom is -0.487 e. The van der Waals surface area contributed by atoms with Gasteiger partial charge in [0, 0.05) is 23.6 Å². The summed E-state index contributed by atoms with van der Waals surface area (Å²) < 4.78 is 7.40. The Balaban J connectivity index is 1.39. The predicted molar refractivity (Wildman–Crippen MR) is 153 cm³/mol. The largest absolute Gasteiger partial charge is 0.487 e. The summed E-state index contributed by atoms with van der Waals surface area (Å²) in [6.07, 6.45) is 4.12. The molecular weight excluding hydrogens is 649 g/mol. The van der Waals surface area contributed by atoms with E-state index >= 15 is 0 Å². The number of aromatic nitrogens is 1. The van der Waals surface area contributed by atoms with E-state index in [-0.39, 0.29) is 17.7 Å². The number of benzene rings is 3. The van der Waals surface area contributed by atoms with Crippen LogP contribution < -0.4 is 10.1 Å². The van der Waals surface area contributed by atoms with Gasteiger partial charge in [-0.25, -0.2) is 4.79 Å². The molecule has 9 heteroatoms. The summed E-state index contributed by atoms with van der Waals surface area (Å²) in [5, 5.41) is 22.6. The van der Waals surface area contributed by atoms with Gasteiger partial charge in [0.15, 0.2) is 0 Å². The maximum absolute atomic E-state index is 12.6. The second-order valence-corrected chi connectivity index (χ2v) is 10.2. The summed E-state index contributed by atoms with van der Waals surface area (Å²) in [6, 6.07) is 20.0. The molecule has 0 fully saturated rings. The van der Waals surface area contributed by atoms with Gasteiger partial charge >= 0.3 is 5.97 Å². The Kier molecular flexibility index (Phi) is 8.63. The van der Waals surface area contributed by atoms with Crippen molar-refractivity contribution in [2.75, 3.05) is 6.54 Å². The number of carbonyl (C=O) groups excluding carboxylic acids is 1. The highest BCUT2D eigenvalue weighted by Gasteiger charge is 2.13. The Hall–Kier alpha value is -3.62. The molecule has 0 saturated heterocycles. The zero-order chi connectivity index (χ0) is 26.4. The van der Waals surface area contributed by atoms with Crippen molar-refractivity contribution in [3.8, 4) is 11.8 Å². The SMILES string of the molecule is N#C/C(=C/c1cc(Br)c(OCc2ccc(C(=O)O)cc2)c(I)c1)C(=O)NCCc1c[nH]c2ccccc12. The van der Waals surface area contributed by atoms with E-state index < -0.39 is 11.9 Å². The second kappa shape index (κ2) is 12.1. The summed E-state index contributed by atoms with van der Waals surface area (Å²) >= 11 is 5.64. The Morgan fingerprint density at radius 1 is 1.16 bits per heavy atom. The second-order valence-electron chi connectivity index (χ2n) is 8.14. The quantitative estimate of drug-likeness (QED) is 0.114. The lowest BCUT2D eigenvalue weighted by atomic mass is 10.1. The van der Waals surface area contributed by atoms with Crippen molar-refractivity contribution in [1.29, 1.82) is 5.26 Å². The third-order valence-corrected chi connectivity index (χ3v) is 7.03. The molecule has 0 aliphatic carbocycles. The molecule has 1 amide bonds. The summed E-state index contributed by atoms with van der Waals surface area (Å²) in [4.78, 5) is 26.9. The number of carboxylic acid groups (broad SMARTS) is 1. The zero-order valence-corrected chi connectivity index (χ0v) is 23.2. The number of carbonyl (C=O) groups is 2. The average molecular weight is 670 g/mol. The highest BCUT2D eigenvalue weighted by atomic mass is 127. The lowest BCUT2D eigenvalue weighted by Crippen LogP contribution is -2.26. The van der Waals surface area contributed by atoms with Gasteiger partial charge in [0.2, 0.25) is 0 Å². The summed E-state index contributed by atoms with van der Waals surface area (Å²) in [7, 11) is 0. The third kappa shape index (κ3) is 6.58. The Bertz CT molecular complexity index is 1510. The number of carboxylic acids is 1. The number of aromatic amines is 1. The fourth-order valence-electron chi connectivity index (χ4n) is 3.76.